The van der Waals surface area contributed by atoms with Gasteiger partial charge in [0.05, 0.1) is 6.61 Å². The van der Waals surface area contributed by atoms with E-state index in [2.05, 4.69) is 41.4 Å². The van der Waals surface area contributed by atoms with Gasteiger partial charge in [-0.15, -0.1) is 0 Å². The van der Waals surface area contributed by atoms with E-state index in [1.54, 1.807) is 6.92 Å². The molecule has 0 amide bonds. The third-order valence-electron chi connectivity index (χ3n) is 2.71. The summed E-state index contributed by atoms with van der Waals surface area (Å²) in [5.74, 6) is 1.47. The largest absolute Gasteiger partial charge is 0.465 e. The highest BCUT2D eigenvalue weighted by Gasteiger charge is 2.15. The molecular formula is C14H24N4O2. The SMILES string of the molecule is CCCNc1ncnc(NCC(=O)OCC)c1C(C)C. The molecule has 0 bridgehead atoms. The molecule has 0 unspecified atom stereocenters. The summed E-state index contributed by atoms with van der Waals surface area (Å²) < 4.78 is 4.90. The Morgan fingerprint density at radius 2 is 1.90 bits per heavy atom. The number of esters is 1. The maximum atomic E-state index is 11.4. The Labute approximate surface area is 120 Å². The summed E-state index contributed by atoms with van der Waals surface area (Å²) in [7, 11) is 0. The highest BCUT2D eigenvalue weighted by molar-refractivity contribution is 5.75. The Morgan fingerprint density at radius 3 is 2.45 bits per heavy atom. The summed E-state index contributed by atoms with van der Waals surface area (Å²) in [6, 6.07) is 0. The number of hydrogen-bond acceptors (Lipinski definition) is 6. The van der Waals surface area contributed by atoms with Crippen LogP contribution in [0.2, 0.25) is 0 Å². The molecule has 2 N–H and O–H groups in total. The van der Waals surface area contributed by atoms with Gasteiger partial charge in [-0.3, -0.25) is 4.79 Å². The molecule has 20 heavy (non-hydrogen) atoms. The number of ether oxygens (including phenoxy) is 1. The van der Waals surface area contributed by atoms with Crippen LogP contribution in [0.4, 0.5) is 11.6 Å². The van der Waals surface area contributed by atoms with E-state index in [-0.39, 0.29) is 18.4 Å². The van der Waals surface area contributed by atoms with Crippen LogP contribution in [0.25, 0.3) is 0 Å². The first-order chi connectivity index (χ1) is 9.60. The van der Waals surface area contributed by atoms with E-state index in [0.717, 1.165) is 24.3 Å². The Morgan fingerprint density at radius 1 is 1.25 bits per heavy atom. The Hall–Kier alpha value is -1.85. The van der Waals surface area contributed by atoms with Gasteiger partial charge in [-0.25, -0.2) is 9.97 Å². The molecule has 112 valence electrons. The molecule has 0 aliphatic rings. The predicted molar refractivity (Wildman–Crippen MR) is 80.0 cm³/mol. The number of hydrogen-bond donors (Lipinski definition) is 2. The smallest absolute Gasteiger partial charge is 0.325 e. The molecule has 0 saturated carbocycles. The first kappa shape index (κ1) is 16.2. The van der Waals surface area contributed by atoms with Gasteiger partial charge in [-0.2, -0.15) is 0 Å². The van der Waals surface area contributed by atoms with E-state index in [0.29, 0.717) is 12.4 Å². The van der Waals surface area contributed by atoms with E-state index in [4.69, 9.17) is 4.74 Å². The maximum Gasteiger partial charge on any atom is 0.325 e. The molecule has 6 nitrogen and oxygen atoms in total. The first-order valence-corrected chi connectivity index (χ1v) is 7.08. The highest BCUT2D eigenvalue weighted by Crippen LogP contribution is 2.28. The third-order valence-corrected chi connectivity index (χ3v) is 2.71. The quantitative estimate of drug-likeness (QED) is 0.712. The van der Waals surface area contributed by atoms with Crippen molar-refractivity contribution in [2.24, 2.45) is 0 Å². The van der Waals surface area contributed by atoms with Crippen LogP contribution in [0.15, 0.2) is 6.33 Å². The van der Waals surface area contributed by atoms with Crippen LogP contribution >= 0.6 is 0 Å². The lowest BCUT2D eigenvalue weighted by atomic mass is 10.0. The van der Waals surface area contributed by atoms with Crippen LogP contribution in [-0.2, 0) is 9.53 Å². The number of rotatable bonds is 8. The summed E-state index contributed by atoms with van der Waals surface area (Å²) in [5, 5.41) is 6.32. The number of carbonyl (C=O) groups is 1. The van der Waals surface area contributed by atoms with Gasteiger partial charge in [0.25, 0.3) is 0 Å². The van der Waals surface area contributed by atoms with Gasteiger partial charge in [-0.05, 0) is 19.3 Å². The van der Waals surface area contributed by atoms with Crippen molar-refractivity contribution in [1.82, 2.24) is 9.97 Å². The second-order valence-corrected chi connectivity index (χ2v) is 4.72. The standard InChI is InChI=1S/C14H24N4O2/c1-5-7-15-13-12(10(3)4)14(18-9-17-13)16-8-11(19)20-6-2/h9-10H,5-8H2,1-4H3,(H2,15,16,17,18). The van der Waals surface area contributed by atoms with Gasteiger partial charge >= 0.3 is 5.97 Å². The Balaban J connectivity index is 2.86. The maximum absolute atomic E-state index is 11.4. The summed E-state index contributed by atoms with van der Waals surface area (Å²) in [4.78, 5) is 19.9. The van der Waals surface area contributed by atoms with Crippen molar-refractivity contribution in [1.29, 1.82) is 0 Å². The molecular weight excluding hydrogens is 256 g/mol. The minimum Gasteiger partial charge on any atom is -0.465 e. The molecule has 0 fully saturated rings. The second kappa shape index (κ2) is 8.35. The zero-order valence-corrected chi connectivity index (χ0v) is 12.7. The summed E-state index contributed by atoms with van der Waals surface area (Å²) in [6.45, 7) is 9.38. The summed E-state index contributed by atoms with van der Waals surface area (Å²) >= 11 is 0. The van der Waals surface area contributed by atoms with Gasteiger partial charge in [0.1, 0.15) is 24.5 Å². The third kappa shape index (κ3) is 4.68. The molecule has 1 aromatic rings. The van der Waals surface area contributed by atoms with Gasteiger partial charge in [-0.1, -0.05) is 20.8 Å². The first-order valence-electron chi connectivity index (χ1n) is 7.08. The topological polar surface area (TPSA) is 76.1 Å². The Bertz CT molecular complexity index is 435. The van der Waals surface area contributed by atoms with Crippen molar-refractivity contribution in [2.75, 3.05) is 30.3 Å². The van der Waals surface area contributed by atoms with Crippen molar-refractivity contribution < 1.29 is 9.53 Å². The van der Waals surface area contributed by atoms with Gasteiger partial charge in [0.15, 0.2) is 0 Å². The van der Waals surface area contributed by atoms with E-state index < -0.39 is 0 Å². The molecule has 1 heterocycles. The van der Waals surface area contributed by atoms with E-state index in [1.165, 1.54) is 6.33 Å². The van der Waals surface area contributed by atoms with Crippen molar-refractivity contribution in [3.05, 3.63) is 11.9 Å². The number of nitrogens with one attached hydrogen (secondary N) is 2. The molecule has 0 spiro atoms. The van der Waals surface area contributed by atoms with E-state index in [9.17, 15) is 4.79 Å². The number of nitrogens with zero attached hydrogens (tertiary/aromatic N) is 2. The number of carbonyl (C=O) groups excluding carboxylic acids is 1. The van der Waals surface area contributed by atoms with Crippen LogP contribution in [0, 0.1) is 0 Å². The lowest BCUT2D eigenvalue weighted by molar-refractivity contribution is -0.140. The van der Waals surface area contributed by atoms with Crippen LogP contribution in [0.1, 0.15) is 45.6 Å². The monoisotopic (exact) mass is 280 g/mol. The van der Waals surface area contributed by atoms with Crippen molar-refractivity contribution in [3.63, 3.8) is 0 Å². The molecule has 0 atom stereocenters. The molecule has 0 aromatic carbocycles. The molecule has 0 radical (unpaired) electrons. The molecule has 0 aliphatic carbocycles. The molecule has 1 rings (SSSR count). The molecule has 0 saturated heterocycles. The molecule has 6 heteroatoms. The van der Waals surface area contributed by atoms with E-state index >= 15 is 0 Å². The van der Waals surface area contributed by atoms with Gasteiger partial charge in [0.2, 0.25) is 0 Å². The average molecular weight is 280 g/mol. The average Bonchev–Trinajstić information content (AvgIpc) is 2.42. The Kier molecular flexibility index (Phi) is 6.76. The fourth-order valence-electron chi connectivity index (χ4n) is 1.84. The predicted octanol–water partition coefficient (Wildman–Crippen LogP) is 2.40. The van der Waals surface area contributed by atoms with Crippen molar-refractivity contribution >= 4 is 17.6 Å². The fourth-order valence-corrected chi connectivity index (χ4v) is 1.84. The zero-order valence-electron chi connectivity index (χ0n) is 12.7. The van der Waals surface area contributed by atoms with Gasteiger partial charge < -0.3 is 15.4 Å². The number of aromatic nitrogens is 2. The van der Waals surface area contributed by atoms with Crippen molar-refractivity contribution in [3.8, 4) is 0 Å². The lowest BCUT2D eigenvalue weighted by Crippen LogP contribution is -2.19. The highest BCUT2D eigenvalue weighted by atomic mass is 16.5. The van der Waals surface area contributed by atoms with E-state index in [1.807, 2.05) is 0 Å². The zero-order chi connectivity index (χ0) is 15.0. The van der Waals surface area contributed by atoms with Crippen molar-refractivity contribution in [2.45, 2.75) is 40.0 Å². The fraction of sp³-hybridized carbons (Fsp3) is 0.643. The summed E-state index contributed by atoms with van der Waals surface area (Å²) in [5.41, 5.74) is 0.991. The molecule has 0 aliphatic heterocycles. The molecule has 1 aromatic heterocycles. The lowest BCUT2D eigenvalue weighted by Gasteiger charge is -2.17. The van der Waals surface area contributed by atoms with Crippen LogP contribution in [0.3, 0.4) is 0 Å². The van der Waals surface area contributed by atoms with Gasteiger partial charge in [0, 0.05) is 12.1 Å². The van der Waals surface area contributed by atoms with Crippen LogP contribution in [0.5, 0.6) is 0 Å². The van der Waals surface area contributed by atoms with Crippen LogP contribution in [-0.4, -0.2) is 35.6 Å². The minimum absolute atomic E-state index is 0.109. The minimum atomic E-state index is -0.288. The normalized spacial score (nSPS) is 10.4. The second-order valence-electron chi connectivity index (χ2n) is 4.72. The van der Waals surface area contributed by atoms with Crippen LogP contribution < -0.4 is 10.6 Å². The summed E-state index contributed by atoms with van der Waals surface area (Å²) in [6.07, 6.45) is 2.52. The number of anilines is 2.